The fraction of sp³-hybridized carbons (Fsp3) is 0.438. The Labute approximate surface area is 172 Å². The van der Waals surface area contributed by atoms with Crippen molar-refractivity contribution in [1.82, 2.24) is 10.2 Å². The van der Waals surface area contributed by atoms with E-state index in [0.29, 0.717) is 0 Å². The molecule has 0 aromatic heterocycles. The van der Waals surface area contributed by atoms with Crippen molar-refractivity contribution in [2.75, 3.05) is 0 Å². The number of amides is 2. The van der Waals surface area contributed by atoms with Crippen molar-refractivity contribution in [3.63, 3.8) is 0 Å². The van der Waals surface area contributed by atoms with E-state index < -0.39 is 22.8 Å². The van der Waals surface area contributed by atoms with Crippen LogP contribution < -0.4 is 40.0 Å². The summed E-state index contributed by atoms with van der Waals surface area (Å²) in [5.41, 5.74) is 0.862. The van der Waals surface area contributed by atoms with Crippen molar-refractivity contribution in [3.8, 4) is 0 Å². The number of nitrogens with one attached hydrogen (secondary N) is 1. The average molecular weight is 374 g/mol. The minimum Gasteiger partial charge on any atom is -0.548 e. The number of carbonyl (C=O) groups excluding carboxylic acids is 3. The van der Waals surface area contributed by atoms with Crippen LogP contribution in [-0.2, 0) is 20.8 Å². The summed E-state index contributed by atoms with van der Waals surface area (Å²) in [6.45, 7) is 3.54. The summed E-state index contributed by atoms with van der Waals surface area (Å²) in [6, 6.07) is 7.61. The maximum Gasteiger partial charge on any atom is 1.00 e. The van der Waals surface area contributed by atoms with Crippen LogP contribution >= 0.6 is 11.8 Å². The number of aliphatic carboxylic acids is 1. The molecule has 7 nitrogen and oxygen atoms in total. The molecule has 1 aromatic carbocycles. The van der Waals surface area contributed by atoms with Crippen LogP contribution in [-0.4, -0.2) is 50.4 Å². The van der Waals surface area contributed by atoms with E-state index in [1.807, 2.05) is 30.3 Å². The molecule has 0 unspecified atom stereocenters. The Morgan fingerprint density at radius 3 is 2.44 bits per heavy atom. The number of carboxylic acids is 1. The first-order valence-electron chi connectivity index (χ1n) is 7.35. The number of hydrogen-bond donors (Lipinski definition) is 1. The van der Waals surface area contributed by atoms with Gasteiger partial charge in [-0.15, -0.1) is 11.8 Å². The maximum atomic E-state index is 12.2. The van der Waals surface area contributed by atoms with E-state index in [0.717, 1.165) is 5.56 Å². The third-order valence-electron chi connectivity index (χ3n) is 4.19. The van der Waals surface area contributed by atoms with Gasteiger partial charge in [0.2, 0.25) is 11.8 Å². The summed E-state index contributed by atoms with van der Waals surface area (Å²) < 4.78 is -0.641. The minimum absolute atomic E-state index is 0. The molecule has 2 aliphatic heterocycles. The Kier molecular flexibility index (Phi) is 7.12. The fourth-order valence-electron chi connectivity index (χ4n) is 3.13. The zero-order valence-corrected chi connectivity index (χ0v) is 17.1. The number of benzene rings is 1. The predicted molar refractivity (Wildman–Crippen MR) is 86.8 cm³/mol. The molecular formula is C16H19N2NaO5S. The number of rotatable bonds is 4. The number of fused-ring (bicyclic) bond motifs is 1. The Bertz CT molecular complexity index is 670. The zero-order valence-electron chi connectivity index (χ0n) is 14.3. The molecule has 25 heavy (non-hydrogen) atoms. The SMILES string of the molecule is CC1(C)S[C@@H]2[C@H](NC(=O)Cc3ccccc3)C(=O)N2[C@H]1C(=O)[O-].O.[Na+]. The van der Waals surface area contributed by atoms with Crippen LogP contribution in [0, 0.1) is 0 Å². The van der Waals surface area contributed by atoms with Crippen LogP contribution in [0.25, 0.3) is 0 Å². The van der Waals surface area contributed by atoms with Gasteiger partial charge < -0.3 is 25.6 Å². The number of thioether (sulfide) groups is 1. The van der Waals surface area contributed by atoms with Gasteiger partial charge in [-0.05, 0) is 19.4 Å². The van der Waals surface area contributed by atoms with E-state index in [2.05, 4.69) is 5.32 Å². The van der Waals surface area contributed by atoms with Crippen molar-refractivity contribution in [2.45, 2.75) is 42.5 Å². The van der Waals surface area contributed by atoms with Gasteiger partial charge in [-0.1, -0.05) is 30.3 Å². The molecule has 2 saturated heterocycles. The van der Waals surface area contributed by atoms with Gasteiger partial charge in [0.1, 0.15) is 11.4 Å². The maximum absolute atomic E-state index is 12.2. The second-order valence-electron chi connectivity index (χ2n) is 6.29. The summed E-state index contributed by atoms with van der Waals surface area (Å²) in [5.74, 6) is -1.86. The first-order chi connectivity index (χ1) is 10.8. The Hall–Kier alpha value is -1.06. The quantitative estimate of drug-likeness (QED) is 0.422. The van der Waals surface area contributed by atoms with Crippen LogP contribution in [0.5, 0.6) is 0 Å². The summed E-state index contributed by atoms with van der Waals surface area (Å²) in [7, 11) is 0. The van der Waals surface area contributed by atoms with E-state index in [1.54, 1.807) is 13.8 Å². The van der Waals surface area contributed by atoms with Crippen LogP contribution in [0.2, 0.25) is 0 Å². The Morgan fingerprint density at radius 1 is 1.28 bits per heavy atom. The Balaban J connectivity index is 0.00000156. The molecule has 0 bridgehead atoms. The van der Waals surface area contributed by atoms with Gasteiger partial charge in [0.05, 0.1) is 18.4 Å². The monoisotopic (exact) mass is 374 g/mol. The van der Waals surface area contributed by atoms with Gasteiger partial charge in [0.25, 0.3) is 0 Å². The van der Waals surface area contributed by atoms with E-state index >= 15 is 0 Å². The van der Waals surface area contributed by atoms with Gasteiger partial charge >= 0.3 is 29.6 Å². The van der Waals surface area contributed by atoms with E-state index in [4.69, 9.17) is 0 Å². The van der Waals surface area contributed by atoms with E-state index in [1.165, 1.54) is 16.7 Å². The molecule has 3 atom stereocenters. The molecular weight excluding hydrogens is 355 g/mol. The van der Waals surface area contributed by atoms with Crippen LogP contribution in [0.1, 0.15) is 19.4 Å². The van der Waals surface area contributed by atoms with Gasteiger partial charge in [0, 0.05) is 4.75 Å². The van der Waals surface area contributed by atoms with Crippen molar-refractivity contribution < 1.29 is 54.5 Å². The zero-order chi connectivity index (χ0) is 16.8. The molecule has 9 heteroatoms. The molecule has 0 aliphatic carbocycles. The van der Waals surface area contributed by atoms with E-state index in [9.17, 15) is 19.5 Å². The summed E-state index contributed by atoms with van der Waals surface area (Å²) in [5, 5.41) is 13.7. The molecule has 130 valence electrons. The Morgan fingerprint density at radius 2 is 1.88 bits per heavy atom. The normalized spacial score (nSPS) is 25.8. The van der Waals surface area contributed by atoms with Crippen LogP contribution in [0.15, 0.2) is 30.3 Å². The summed E-state index contributed by atoms with van der Waals surface area (Å²) in [6.07, 6.45) is 0.190. The standard InChI is InChI=1S/C16H18N2O4S.Na.H2O/c1-16(2)12(15(21)22)18-13(20)11(14(18)23-16)17-10(19)8-9-6-4-3-5-7-9;;/h3-7,11-12,14H,8H2,1-2H3,(H,17,19)(H,21,22);;1H2/q;+1;/p-1/t11-,12+,14-;;/m1../s1. The first kappa shape index (κ1) is 22.0. The molecule has 3 rings (SSSR count). The number of carboxylic acid groups (broad SMARTS) is 1. The predicted octanol–water partition coefficient (Wildman–Crippen LogP) is -4.29. The number of carbonyl (C=O) groups is 3. The molecule has 2 fully saturated rings. The second kappa shape index (κ2) is 8.09. The van der Waals surface area contributed by atoms with Gasteiger partial charge in [0.15, 0.2) is 0 Å². The fourth-order valence-corrected chi connectivity index (χ4v) is 4.75. The van der Waals surface area contributed by atoms with Crippen molar-refractivity contribution >= 4 is 29.5 Å². The van der Waals surface area contributed by atoms with Crippen molar-refractivity contribution in [2.24, 2.45) is 0 Å². The number of hydrogen-bond acceptors (Lipinski definition) is 5. The summed E-state index contributed by atoms with van der Waals surface area (Å²) in [4.78, 5) is 37.0. The minimum atomic E-state index is -1.26. The largest absolute Gasteiger partial charge is 1.00 e. The van der Waals surface area contributed by atoms with Crippen LogP contribution in [0.3, 0.4) is 0 Å². The molecule has 2 amide bonds. The molecule has 2 heterocycles. The molecule has 0 spiro atoms. The number of β-lactam (4-membered cyclic amide) rings is 1. The van der Waals surface area contributed by atoms with Crippen molar-refractivity contribution in [3.05, 3.63) is 35.9 Å². The average Bonchev–Trinajstić information content (AvgIpc) is 2.74. The number of nitrogens with zero attached hydrogens (tertiary/aromatic N) is 1. The molecule has 0 saturated carbocycles. The third-order valence-corrected chi connectivity index (χ3v) is 5.76. The third kappa shape index (κ3) is 4.03. The van der Waals surface area contributed by atoms with Crippen LogP contribution in [0.4, 0.5) is 0 Å². The second-order valence-corrected chi connectivity index (χ2v) is 8.06. The summed E-state index contributed by atoms with van der Waals surface area (Å²) >= 11 is 1.38. The molecule has 1 aromatic rings. The molecule has 2 aliphatic rings. The molecule has 3 N–H and O–H groups in total. The van der Waals surface area contributed by atoms with Gasteiger partial charge in [-0.3, -0.25) is 9.59 Å². The van der Waals surface area contributed by atoms with E-state index in [-0.39, 0.29) is 58.6 Å². The van der Waals surface area contributed by atoms with Gasteiger partial charge in [-0.2, -0.15) is 0 Å². The first-order valence-corrected chi connectivity index (χ1v) is 8.23. The smallest absolute Gasteiger partial charge is 0.548 e. The van der Waals surface area contributed by atoms with Crippen molar-refractivity contribution in [1.29, 1.82) is 0 Å². The molecule has 0 radical (unpaired) electrons. The van der Waals surface area contributed by atoms with Gasteiger partial charge in [-0.25, -0.2) is 0 Å². The topological polar surface area (TPSA) is 121 Å².